The Kier molecular flexibility index (Phi) is 4.80. The number of aromatic nitrogens is 1. The fraction of sp³-hybridized carbons (Fsp3) is 0.375. The van der Waals surface area contributed by atoms with Crippen molar-refractivity contribution in [3.8, 4) is 0 Å². The lowest BCUT2D eigenvalue weighted by molar-refractivity contribution is 0.193. The molecule has 0 aliphatic heterocycles. The number of benzene rings is 1. The quantitative estimate of drug-likeness (QED) is 0.942. The summed E-state index contributed by atoms with van der Waals surface area (Å²) in [7, 11) is 1.64. The first-order valence-corrected chi connectivity index (χ1v) is 7.08. The maximum Gasteiger partial charge on any atom is 0.317 e. The van der Waals surface area contributed by atoms with Crippen LogP contribution in [0.1, 0.15) is 35.5 Å². The molecule has 0 fully saturated rings. The average molecular weight is 305 g/mol. The molecule has 0 aliphatic rings. The average Bonchev–Trinajstić information content (AvgIpc) is 2.82. The predicted octanol–water partition coefficient (Wildman–Crippen LogP) is 3.33. The molecule has 6 heteroatoms. The zero-order valence-electron chi connectivity index (χ0n) is 13.2. The van der Waals surface area contributed by atoms with E-state index in [1.165, 1.54) is 11.0 Å². The van der Waals surface area contributed by atoms with Gasteiger partial charge in [0.1, 0.15) is 11.6 Å². The highest BCUT2D eigenvalue weighted by Gasteiger charge is 2.20. The van der Waals surface area contributed by atoms with E-state index in [0.717, 1.165) is 11.3 Å². The predicted molar refractivity (Wildman–Crippen MR) is 80.8 cm³/mol. The smallest absolute Gasteiger partial charge is 0.317 e. The minimum atomic E-state index is -0.370. The van der Waals surface area contributed by atoms with Gasteiger partial charge in [-0.2, -0.15) is 0 Å². The Labute approximate surface area is 129 Å². The van der Waals surface area contributed by atoms with Crippen LogP contribution in [-0.4, -0.2) is 23.1 Å². The van der Waals surface area contributed by atoms with Gasteiger partial charge in [-0.3, -0.25) is 0 Å². The van der Waals surface area contributed by atoms with E-state index in [2.05, 4.69) is 10.5 Å². The molecule has 1 atom stereocenters. The first-order chi connectivity index (χ1) is 10.4. The van der Waals surface area contributed by atoms with E-state index < -0.39 is 0 Å². The normalized spacial score (nSPS) is 12.0. The summed E-state index contributed by atoms with van der Waals surface area (Å²) in [5, 5.41) is 6.64. The van der Waals surface area contributed by atoms with Crippen molar-refractivity contribution in [2.45, 2.75) is 33.4 Å². The van der Waals surface area contributed by atoms with E-state index in [1.807, 2.05) is 6.92 Å². The first-order valence-electron chi connectivity index (χ1n) is 7.08. The maximum absolute atomic E-state index is 13.8. The molecule has 1 N–H and O–H groups in total. The Morgan fingerprint density at radius 3 is 2.68 bits per heavy atom. The lowest BCUT2D eigenvalue weighted by Crippen LogP contribution is -2.38. The van der Waals surface area contributed by atoms with Crippen molar-refractivity contribution >= 4 is 6.03 Å². The Balaban J connectivity index is 2.02. The molecule has 0 spiro atoms. The Hall–Kier alpha value is -2.37. The molecule has 2 aromatic rings. The number of rotatable bonds is 4. The lowest BCUT2D eigenvalue weighted by atomic mass is 10.1. The van der Waals surface area contributed by atoms with Crippen molar-refractivity contribution < 1.29 is 13.7 Å². The van der Waals surface area contributed by atoms with Gasteiger partial charge in [-0.15, -0.1) is 0 Å². The summed E-state index contributed by atoms with van der Waals surface area (Å²) in [5.41, 5.74) is 2.10. The van der Waals surface area contributed by atoms with Gasteiger partial charge in [-0.05, 0) is 26.8 Å². The molecule has 1 aromatic carbocycles. The summed E-state index contributed by atoms with van der Waals surface area (Å²) in [4.78, 5) is 13.7. The number of nitrogens with zero attached hydrogens (tertiary/aromatic N) is 2. The first kappa shape index (κ1) is 16.0. The molecule has 1 unspecified atom stereocenters. The second-order valence-electron chi connectivity index (χ2n) is 5.27. The Morgan fingerprint density at radius 1 is 1.41 bits per heavy atom. The second kappa shape index (κ2) is 6.60. The molecular weight excluding hydrogens is 285 g/mol. The molecule has 0 saturated heterocycles. The van der Waals surface area contributed by atoms with Crippen LogP contribution in [0.2, 0.25) is 0 Å². The van der Waals surface area contributed by atoms with Crippen LogP contribution in [-0.2, 0) is 6.54 Å². The Bertz CT molecular complexity index is 650. The van der Waals surface area contributed by atoms with Crippen LogP contribution in [0, 0.1) is 19.7 Å². The molecule has 1 aromatic heterocycles. The van der Waals surface area contributed by atoms with Gasteiger partial charge in [0.25, 0.3) is 0 Å². The number of urea groups is 1. The van der Waals surface area contributed by atoms with Gasteiger partial charge in [-0.1, -0.05) is 23.4 Å². The summed E-state index contributed by atoms with van der Waals surface area (Å²) in [5.74, 6) is 0.364. The fourth-order valence-corrected chi connectivity index (χ4v) is 2.24. The van der Waals surface area contributed by atoms with Gasteiger partial charge in [0, 0.05) is 24.7 Å². The molecule has 1 heterocycles. The van der Waals surface area contributed by atoms with Crippen LogP contribution in [0.15, 0.2) is 28.8 Å². The standard InChI is InChI=1S/C16H20FN3O2/c1-10-14(12(3)22-19-10)9-18-16(21)20(4)11(2)13-7-5-6-8-15(13)17/h5-8,11H,9H2,1-4H3,(H,18,21). The minimum Gasteiger partial charge on any atom is -0.361 e. The number of halogens is 1. The lowest BCUT2D eigenvalue weighted by Gasteiger charge is -2.25. The monoisotopic (exact) mass is 305 g/mol. The van der Waals surface area contributed by atoms with E-state index in [1.54, 1.807) is 39.1 Å². The highest BCUT2D eigenvalue weighted by Crippen LogP contribution is 2.21. The zero-order chi connectivity index (χ0) is 16.3. The summed E-state index contributed by atoms with van der Waals surface area (Å²) >= 11 is 0. The third-order valence-corrected chi connectivity index (χ3v) is 3.85. The third kappa shape index (κ3) is 3.27. The van der Waals surface area contributed by atoms with Gasteiger partial charge >= 0.3 is 6.03 Å². The van der Waals surface area contributed by atoms with E-state index in [0.29, 0.717) is 17.9 Å². The van der Waals surface area contributed by atoms with E-state index in [-0.39, 0.29) is 17.9 Å². The largest absolute Gasteiger partial charge is 0.361 e. The van der Waals surface area contributed by atoms with Crippen molar-refractivity contribution in [2.24, 2.45) is 0 Å². The minimum absolute atomic E-state index is 0.282. The van der Waals surface area contributed by atoms with Crippen molar-refractivity contribution in [1.82, 2.24) is 15.4 Å². The highest BCUT2D eigenvalue weighted by atomic mass is 19.1. The summed E-state index contributed by atoms with van der Waals surface area (Å²) in [6.45, 7) is 5.74. The number of carbonyl (C=O) groups is 1. The van der Waals surface area contributed by atoms with Gasteiger partial charge in [0.05, 0.1) is 11.7 Å². The molecule has 2 amide bonds. The SMILES string of the molecule is Cc1noc(C)c1CNC(=O)N(C)C(C)c1ccccc1F. The number of nitrogens with one attached hydrogen (secondary N) is 1. The Morgan fingerprint density at radius 2 is 2.09 bits per heavy atom. The fourth-order valence-electron chi connectivity index (χ4n) is 2.24. The zero-order valence-corrected chi connectivity index (χ0v) is 13.2. The molecule has 2 rings (SSSR count). The maximum atomic E-state index is 13.8. The van der Waals surface area contributed by atoms with Crippen molar-refractivity contribution in [1.29, 1.82) is 0 Å². The van der Waals surface area contributed by atoms with Crippen LogP contribution < -0.4 is 5.32 Å². The number of hydrogen-bond donors (Lipinski definition) is 1. The van der Waals surface area contributed by atoms with Crippen LogP contribution in [0.25, 0.3) is 0 Å². The number of hydrogen-bond acceptors (Lipinski definition) is 3. The van der Waals surface area contributed by atoms with Crippen LogP contribution in [0.5, 0.6) is 0 Å². The van der Waals surface area contributed by atoms with E-state index >= 15 is 0 Å². The molecule has 0 saturated carbocycles. The molecule has 0 bridgehead atoms. The number of carbonyl (C=O) groups excluding carboxylic acids is 1. The van der Waals surface area contributed by atoms with Gasteiger partial charge in [-0.25, -0.2) is 9.18 Å². The number of amides is 2. The molecule has 0 radical (unpaired) electrons. The van der Waals surface area contributed by atoms with Gasteiger partial charge < -0.3 is 14.7 Å². The molecule has 22 heavy (non-hydrogen) atoms. The van der Waals surface area contributed by atoms with Gasteiger partial charge in [0.15, 0.2) is 0 Å². The van der Waals surface area contributed by atoms with Crippen LogP contribution in [0.4, 0.5) is 9.18 Å². The second-order valence-corrected chi connectivity index (χ2v) is 5.27. The van der Waals surface area contributed by atoms with E-state index in [9.17, 15) is 9.18 Å². The van der Waals surface area contributed by atoms with Crippen molar-refractivity contribution in [3.63, 3.8) is 0 Å². The van der Waals surface area contributed by atoms with Gasteiger partial charge in [0.2, 0.25) is 0 Å². The van der Waals surface area contributed by atoms with E-state index in [4.69, 9.17) is 4.52 Å². The van der Waals surface area contributed by atoms with Crippen molar-refractivity contribution in [2.75, 3.05) is 7.05 Å². The molecular formula is C16H20FN3O2. The summed E-state index contributed by atoms with van der Waals surface area (Å²) in [6.07, 6.45) is 0. The van der Waals surface area contributed by atoms with Crippen LogP contribution >= 0.6 is 0 Å². The molecule has 5 nitrogen and oxygen atoms in total. The summed E-state index contributed by atoms with van der Waals surface area (Å²) < 4.78 is 18.9. The third-order valence-electron chi connectivity index (χ3n) is 3.85. The molecule has 0 aliphatic carbocycles. The summed E-state index contributed by atoms with van der Waals surface area (Å²) in [6, 6.07) is 5.80. The van der Waals surface area contributed by atoms with Crippen LogP contribution in [0.3, 0.4) is 0 Å². The topological polar surface area (TPSA) is 58.4 Å². The highest BCUT2D eigenvalue weighted by molar-refractivity contribution is 5.74. The molecule has 118 valence electrons. The number of aryl methyl sites for hydroxylation is 2. The van der Waals surface area contributed by atoms with Crippen molar-refractivity contribution in [3.05, 3.63) is 52.7 Å².